The lowest BCUT2D eigenvalue weighted by Crippen LogP contribution is -2.31. The Morgan fingerprint density at radius 3 is 2.45 bits per heavy atom. The maximum atomic E-state index is 13.9. The van der Waals surface area contributed by atoms with E-state index in [1.807, 2.05) is 0 Å². The number of aromatic nitrogens is 3. The van der Waals surface area contributed by atoms with Gasteiger partial charge in [0, 0.05) is 11.8 Å². The normalized spacial score (nSPS) is 13.0. The number of pyridine rings is 1. The summed E-state index contributed by atoms with van der Waals surface area (Å²) in [5.74, 6) is -1.75. The summed E-state index contributed by atoms with van der Waals surface area (Å²) in [5.41, 5.74) is 1.02. The van der Waals surface area contributed by atoms with Crippen molar-refractivity contribution in [3.05, 3.63) is 35.1 Å². The van der Waals surface area contributed by atoms with Gasteiger partial charge in [-0.2, -0.15) is 13.2 Å². The van der Waals surface area contributed by atoms with Crippen LogP contribution in [-0.2, 0) is 0 Å². The third-order valence-corrected chi connectivity index (χ3v) is 2.93. The van der Waals surface area contributed by atoms with Gasteiger partial charge < -0.3 is 4.74 Å². The molecule has 2 rings (SSSR count). The van der Waals surface area contributed by atoms with E-state index in [2.05, 4.69) is 19.7 Å². The molecule has 0 aliphatic carbocycles. The molecule has 0 radical (unpaired) electrons. The summed E-state index contributed by atoms with van der Waals surface area (Å²) < 4.78 is 55.5. The highest BCUT2D eigenvalue weighted by molar-refractivity contribution is 6.29. The summed E-state index contributed by atoms with van der Waals surface area (Å²) in [6.07, 6.45) is -4.34. The van der Waals surface area contributed by atoms with Gasteiger partial charge in [0.1, 0.15) is 5.15 Å². The van der Waals surface area contributed by atoms with Crippen molar-refractivity contribution in [3.63, 3.8) is 0 Å². The minimum absolute atomic E-state index is 0.175. The number of ether oxygens (including phenoxy) is 1. The Balaban J connectivity index is 2.30. The molecule has 2 aromatic rings. The molecule has 0 bridgehead atoms. The Morgan fingerprint density at radius 2 is 1.91 bits per heavy atom. The van der Waals surface area contributed by atoms with E-state index in [0.29, 0.717) is 11.4 Å². The van der Waals surface area contributed by atoms with E-state index < -0.39 is 24.0 Å². The van der Waals surface area contributed by atoms with Gasteiger partial charge in [-0.15, -0.1) is 0 Å². The topological polar surface area (TPSA) is 47.9 Å². The van der Waals surface area contributed by atoms with E-state index >= 15 is 0 Å². The van der Waals surface area contributed by atoms with Crippen LogP contribution < -0.4 is 4.74 Å². The van der Waals surface area contributed by atoms with E-state index in [9.17, 15) is 17.6 Å². The molecule has 22 heavy (non-hydrogen) atoms. The SMILES string of the molecule is Cc1nc(Cl)cnc1-c1cnc(OC(C)C(F)(F)F)c(F)c1. The Bertz CT molecular complexity index is 693. The summed E-state index contributed by atoms with van der Waals surface area (Å²) in [4.78, 5) is 11.5. The Morgan fingerprint density at radius 1 is 1.23 bits per heavy atom. The standard InChI is InChI=1S/C13H10ClF4N3O/c1-6-11(19-5-10(14)21-6)8-3-9(15)12(20-4-8)22-7(2)13(16,17)18/h3-5,7H,1-2H3. The molecule has 0 saturated heterocycles. The van der Waals surface area contributed by atoms with Crippen LogP contribution in [0.5, 0.6) is 5.88 Å². The lowest BCUT2D eigenvalue weighted by molar-refractivity contribution is -0.190. The number of hydrogen-bond donors (Lipinski definition) is 0. The van der Waals surface area contributed by atoms with Crippen LogP contribution in [0.25, 0.3) is 11.3 Å². The van der Waals surface area contributed by atoms with E-state index in [4.69, 9.17) is 11.6 Å². The molecule has 9 heteroatoms. The van der Waals surface area contributed by atoms with Crippen LogP contribution in [0.3, 0.4) is 0 Å². The molecule has 0 aliphatic rings. The molecule has 118 valence electrons. The Kier molecular flexibility index (Phi) is 4.50. The fourth-order valence-electron chi connectivity index (χ4n) is 1.61. The summed E-state index contributed by atoms with van der Waals surface area (Å²) in [6.45, 7) is 2.38. The molecule has 0 aromatic carbocycles. The first kappa shape index (κ1) is 16.4. The van der Waals surface area contributed by atoms with Gasteiger partial charge in [0.05, 0.1) is 17.6 Å². The average molecular weight is 336 g/mol. The van der Waals surface area contributed by atoms with Gasteiger partial charge in [-0.3, -0.25) is 4.98 Å². The number of halogens is 5. The van der Waals surface area contributed by atoms with Crippen molar-refractivity contribution < 1.29 is 22.3 Å². The minimum Gasteiger partial charge on any atom is -0.463 e. The zero-order valence-electron chi connectivity index (χ0n) is 11.4. The van der Waals surface area contributed by atoms with Crippen molar-refractivity contribution >= 4 is 11.6 Å². The van der Waals surface area contributed by atoms with Gasteiger partial charge >= 0.3 is 6.18 Å². The second-order valence-electron chi connectivity index (χ2n) is 4.44. The van der Waals surface area contributed by atoms with Crippen LogP contribution in [0.1, 0.15) is 12.6 Å². The second-order valence-corrected chi connectivity index (χ2v) is 4.83. The number of alkyl halides is 3. The lowest BCUT2D eigenvalue weighted by Gasteiger charge is -2.17. The first-order chi connectivity index (χ1) is 10.2. The van der Waals surface area contributed by atoms with Gasteiger partial charge in [0.15, 0.2) is 11.9 Å². The van der Waals surface area contributed by atoms with Crippen LogP contribution in [-0.4, -0.2) is 27.2 Å². The number of aryl methyl sites for hydroxylation is 1. The van der Waals surface area contributed by atoms with E-state index in [-0.39, 0.29) is 10.7 Å². The molecule has 0 N–H and O–H groups in total. The predicted molar refractivity (Wildman–Crippen MR) is 71.1 cm³/mol. The van der Waals surface area contributed by atoms with Crippen LogP contribution >= 0.6 is 11.6 Å². The monoisotopic (exact) mass is 335 g/mol. The third-order valence-electron chi connectivity index (χ3n) is 2.75. The quantitative estimate of drug-likeness (QED) is 0.796. The average Bonchev–Trinajstić information content (AvgIpc) is 2.40. The van der Waals surface area contributed by atoms with Crippen LogP contribution in [0.15, 0.2) is 18.5 Å². The molecule has 0 aliphatic heterocycles. The summed E-state index contributed by atoms with van der Waals surface area (Å²) in [7, 11) is 0. The molecule has 2 aromatic heterocycles. The van der Waals surface area contributed by atoms with E-state index in [0.717, 1.165) is 19.2 Å². The number of nitrogens with zero attached hydrogens (tertiary/aromatic N) is 3. The van der Waals surface area contributed by atoms with Gasteiger partial charge in [-0.05, 0) is 19.9 Å². The molecule has 1 atom stereocenters. The molecular weight excluding hydrogens is 326 g/mol. The summed E-state index contributed by atoms with van der Waals surface area (Å²) >= 11 is 5.67. The van der Waals surface area contributed by atoms with Crippen molar-refractivity contribution in [2.75, 3.05) is 0 Å². The highest BCUT2D eigenvalue weighted by Gasteiger charge is 2.38. The second kappa shape index (κ2) is 6.04. The number of hydrogen-bond acceptors (Lipinski definition) is 4. The third kappa shape index (κ3) is 3.62. The maximum absolute atomic E-state index is 13.9. The predicted octanol–water partition coefficient (Wildman–Crippen LogP) is 3.97. The molecule has 4 nitrogen and oxygen atoms in total. The van der Waals surface area contributed by atoms with Crippen LogP contribution in [0.4, 0.5) is 17.6 Å². The lowest BCUT2D eigenvalue weighted by atomic mass is 10.1. The molecule has 0 fully saturated rings. The minimum atomic E-state index is -4.61. The van der Waals surface area contributed by atoms with Crippen molar-refractivity contribution in [1.82, 2.24) is 15.0 Å². The molecule has 0 spiro atoms. The number of rotatable bonds is 3. The highest BCUT2D eigenvalue weighted by atomic mass is 35.5. The zero-order valence-corrected chi connectivity index (χ0v) is 12.2. The van der Waals surface area contributed by atoms with Crippen LogP contribution in [0, 0.1) is 12.7 Å². The molecule has 0 saturated carbocycles. The fraction of sp³-hybridized carbons (Fsp3) is 0.308. The summed E-state index contributed by atoms with van der Waals surface area (Å²) in [5, 5.41) is 0.175. The van der Waals surface area contributed by atoms with Crippen molar-refractivity contribution in [3.8, 4) is 17.1 Å². The highest BCUT2D eigenvalue weighted by Crippen LogP contribution is 2.28. The van der Waals surface area contributed by atoms with Crippen molar-refractivity contribution in [2.45, 2.75) is 26.1 Å². The van der Waals surface area contributed by atoms with Gasteiger partial charge in [-0.25, -0.2) is 14.4 Å². The Hall–Kier alpha value is -1.96. The molecule has 1 unspecified atom stereocenters. The molecule has 0 amide bonds. The zero-order chi connectivity index (χ0) is 16.5. The van der Waals surface area contributed by atoms with E-state index in [1.54, 1.807) is 6.92 Å². The van der Waals surface area contributed by atoms with Crippen molar-refractivity contribution in [2.24, 2.45) is 0 Å². The Labute approximate surface area is 128 Å². The van der Waals surface area contributed by atoms with Crippen molar-refractivity contribution in [1.29, 1.82) is 0 Å². The van der Waals surface area contributed by atoms with Gasteiger partial charge in [-0.1, -0.05) is 11.6 Å². The molecule has 2 heterocycles. The van der Waals surface area contributed by atoms with Crippen LogP contribution in [0.2, 0.25) is 5.15 Å². The first-order valence-electron chi connectivity index (χ1n) is 6.07. The van der Waals surface area contributed by atoms with Gasteiger partial charge in [0.25, 0.3) is 5.88 Å². The largest absolute Gasteiger partial charge is 0.463 e. The maximum Gasteiger partial charge on any atom is 0.425 e. The molecular formula is C13H10ClF4N3O. The summed E-state index contributed by atoms with van der Waals surface area (Å²) in [6, 6.07) is 0.982. The van der Waals surface area contributed by atoms with E-state index in [1.165, 1.54) is 6.20 Å². The fourth-order valence-corrected chi connectivity index (χ4v) is 1.79. The first-order valence-corrected chi connectivity index (χ1v) is 6.44. The smallest absolute Gasteiger partial charge is 0.425 e. The van der Waals surface area contributed by atoms with Gasteiger partial charge in [0.2, 0.25) is 0 Å².